The van der Waals surface area contributed by atoms with Gasteiger partial charge >= 0.3 is 5.97 Å². The summed E-state index contributed by atoms with van der Waals surface area (Å²) in [5.74, 6) is -1.08. The SMILES string of the molecule is CC(NC(=O)CC1CCCCC1)C(=O)NC(CC(=O)O)c1ccccc1. The van der Waals surface area contributed by atoms with Gasteiger partial charge in [0.1, 0.15) is 6.04 Å². The molecule has 6 nitrogen and oxygen atoms in total. The normalized spacial score (nSPS) is 17.1. The molecule has 0 spiro atoms. The number of hydrogen-bond acceptors (Lipinski definition) is 3. The molecule has 2 amide bonds. The summed E-state index contributed by atoms with van der Waals surface area (Å²) >= 11 is 0. The highest BCUT2D eigenvalue weighted by Crippen LogP contribution is 2.26. The van der Waals surface area contributed by atoms with E-state index in [9.17, 15) is 14.4 Å². The molecule has 26 heavy (non-hydrogen) atoms. The molecule has 0 heterocycles. The summed E-state index contributed by atoms with van der Waals surface area (Å²) in [6.07, 6.45) is 5.96. The van der Waals surface area contributed by atoms with Crippen LogP contribution >= 0.6 is 0 Å². The number of carbonyl (C=O) groups excluding carboxylic acids is 2. The number of rotatable bonds is 8. The number of aliphatic carboxylic acids is 1. The topological polar surface area (TPSA) is 95.5 Å². The van der Waals surface area contributed by atoms with Crippen molar-refractivity contribution >= 4 is 17.8 Å². The lowest BCUT2D eigenvalue weighted by Gasteiger charge is -2.23. The van der Waals surface area contributed by atoms with Crippen LogP contribution in [0.25, 0.3) is 0 Å². The average Bonchev–Trinajstić information content (AvgIpc) is 2.62. The van der Waals surface area contributed by atoms with Crippen LogP contribution in [0.3, 0.4) is 0 Å². The molecule has 1 aromatic carbocycles. The second-order valence-corrected chi connectivity index (χ2v) is 7.07. The van der Waals surface area contributed by atoms with Gasteiger partial charge in [0.2, 0.25) is 11.8 Å². The molecule has 0 saturated heterocycles. The van der Waals surface area contributed by atoms with Gasteiger partial charge in [-0.15, -0.1) is 0 Å². The van der Waals surface area contributed by atoms with Crippen LogP contribution in [-0.2, 0) is 14.4 Å². The second kappa shape index (κ2) is 9.94. The average molecular weight is 360 g/mol. The lowest BCUT2D eigenvalue weighted by Crippen LogP contribution is -2.46. The van der Waals surface area contributed by atoms with Crippen molar-refractivity contribution in [3.8, 4) is 0 Å². The van der Waals surface area contributed by atoms with Gasteiger partial charge in [-0.1, -0.05) is 49.6 Å². The van der Waals surface area contributed by atoms with Crippen molar-refractivity contribution in [1.29, 1.82) is 0 Å². The summed E-state index contributed by atoms with van der Waals surface area (Å²) in [5.41, 5.74) is 0.726. The Labute approximate surface area is 154 Å². The summed E-state index contributed by atoms with van der Waals surface area (Å²) in [7, 11) is 0. The standard InChI is InChI=1S/C20H28N2O4/c1-14(21-18(23)12-15-8-4-2-5-9-15)20(26)22-17(13-19(24)25)16-10-6-3-7-11-16/h3,6-7,10-11,14-15,17H,2,4-5,8-9,12-13H2,1H3,(H,21,23)(H,22,26)(H,24,25). The highest BCUT2D eigenvalue weighted by atomic mass is 16.4. The van der Waals surface area contributed by atoms with Gasteiger partial charge in [0, 0.05) is 6.42 Å². The number of carbonyl (C=O) groups is 3. The van der Waals surface area contributed by atoms with Gasteiger partial charge < -0.3 is 15.7 Å². The molecule has 0 aromatic heterocycles. The van der Waals surface area contributed by atoms with Crippen molar-refractivity contribution < 1.29 is 19.5 Å². The van der Waals surface area contributed by atoms with Crippen LogP contribution in [0, 0.1) is 5.92 Å². The molecule has 1 aliphatic carbocycles. The van der Waals surface area contributed by atoms with E-state index in [0.717, 1.165) is 18.4 Å². The molecule has 2 rings (SSSR count). The van der Waals surface area contributed by atoms with Gasteiger partial charge in [-0.05, 0) is 31.2 Å². The molecule has 6 heteroatoms. The quantitative estimate of drug-likeness (QED) is 0.664. The Morgan fingerprint density at radius 1 is 1.08 bits per heavy atom. The molecule has 142 valence electrons. The number of hydrogen-bond donors (Lipinski definition) is 3. The van der Waals surface area contributed by atoms with Crippen LogP contribution < -0.4 is 10.6 Å². The molecule has 0 aliphatic heterocycles. The summed E-state index contributed by atoms with van der Waals surface area (Å²) < 4.78 is 0. The number of carboxylic acid groups (broad SMARTS) is 1. The van der Waals surface area contributed by atoms with Crippen molar-refractivity contribution in [2.24, 2.45) is 5.92 Å². The van der Waals surface area contributed by atoms with E-state index in [2.05, 4.69) is 10.6 Å². The summed E-state index contributed by atoms with van der Waals surface area (Å²) in [6, 6.07) is 7.65. The fraction of sp³-hybridized carbons (Fsp3) is 0.550. The molecule has 3 N–H and O–H groups in total. The van der Waals surface area contributed by atoms with Crippen LogP contribution in [0.1, 0.15) is 63.5 Å². The molecule has 1 fully saturated rings. The van der Waals surface area contributed by atoms with Crippen LogP contribution in [-0.4, -0.2) is 28.9 Å². The Morgan fingerprint density at radius 2 is 1.73 bits per heavy atom. The highest BCUT2D eigenvalue weighted by Gasteiger charge is 2.23. The van der Waals surface area contributed by atoms with Crippen molar-refractivity contribution in [3.05, 3.63) is 35.9 Å². The molecule has 2 unspecified atom stereocenters. The highest BCUT2D eigenvalue weighted by molar-refractivity contribution is 5.87. The van der Waals surface area contributed by atoms with Gasteiger partial charge in [0.25, 0.3) is 0 Å². The first kappa shape index (κ1) is 19.9. The first-order valence-corrected chi connectivity index (χ1v) is 9.32. The van der Waals surface area contributed by atoms with E-state index in [1.54, 1.807) is 31.2 Å². The Kier molecular flexibility index (Phi) is 7.63. The smallest absolute Gasteiger partial charge is 0.305 e. The van der Waals surface area contributed by atoms with Gasteiger partial charge in [-0.3, -0.25) is 14.4 Å². The minimum absolute atomic E-state index is 0.117. The third-order valence-electron chi connectivity index (χ3n) is 4.87. The fourth-order valence-electron chi connectivity index (χ4n) is 3.43. The van der Waals surface area contributed by atoms with Crippen LogP contribution in [0.5, 0.6) is 0 Å². The van der Waals surface area contributed by atoms with Crippen molar-refractivity contribution in [1.82, 2.24) is 10.6 Å². The lowest BCUT2D eigenvalue weighted by atomic mass is 9.87. The first-order chi connectivity index (χ1) is 12.5. The van der Waals surface area contributed by atoms with E-state index in [1.807, 2.05) is 6.07 Å². The molecule has 0 bridgehead atoms. The molecule has 0 radical (unpaired) electrons. The van der Waals surface area contributed by atoms with E-state index >= 15 is 0 Å². The van der Waals surface area contributed by atoms with E-state index in [0.29, 0.717) is 12.3 Å². The minimum atomic E-state index is -0.992. The van der Waals surface area contributed by atoms with Crippen LogP contribution in [0.2, 0.25) is 0 Å². The maximum Gasteiger partial charge on any atom is 0.305 e. The van der Waals surface area contributed by atoms with E-state index in [4.69, 9.17) is 5.11 Å². The predicted octanol–water partition coefficient (Wildman–Crippen LogP) is 2.79. The van der Waals surface area contributed by atoms with Crippen molar-refractivity contribution in [2.75, 3.05) is 0 Å². The van der Waals surface area contributed by atoms with E-state index < -0.39 is 18.1 Å². The van der Waals surface area contributed by atoms with Crippen molar-refractivity contribution in [3.63, 3.8) is 0 Å². The molecule has 1 aliphatic rings. The monoisotopic (exact) mass is 360 g/mol. The number of nitrogens with one attached hydrogen (secondary N) is 2. The summed E-state index contributed by atoms with van der Waals surface area (Å²) in [4.78, 5) is 35.7. The Morgan fingerprint density at radius 3 is 2.35 bits per heavy atom. The Hall–Kier alpha value is -2.37. The maximum absolute atomic E-state index is 12.4. The third kappa shape index (κ3) is 6.50. The van der Waals surface area contributed by atoms with Crippen LogP contribution in [0.15, 0.2) is 30.3 Å². The van der Waals surface area contributed by atoms with Gasteiger partial charge in [0.05, 0.1) is 12.5 Å². The fourth-order valence-corrected chi connectivity index (χ4v) is 3.43. The van der Waals surface area contributed by atoms with Gasteiger partial charge in [-0.25, -0.2) is 0 Å². The van der Waals surface area contributed by atoms with E-state index in [-0.39, 0.29) is 18.2 Å². The number of carboxylic acids is 1. The number of amides is 2. The molecule has 2 atom stereocenters. The van der Waals surface area contributed by atoms with Crippen molar-refractivity contribution in [2.45, 2.75) is 64.0 Å². The zero-order valence-corrected chi connectivity index (χ0v) is 15.2. The molecule has 1 aromatic rings. The maximum atomic E-state index is 12.4. The zero-order valence-electron chi connectivity index (χ0n) is 15.2. The van der Waals surface area contributed by atoms with Crippen LogP contribution in [0.4, 0.5) is 0 Å². The third-order valence-corrected chi connectivity index (χ3v) is 4.87. The largest absolute Gasteiger partial charge is 0.481 e. The van der Waals surface area contributed by atoms with Gasteiger partial charge in [0.15, 0.2) is 0 Å². The number of benzene rings is 1. The van der Waals surface area contributed by atoms with E-state index in [1.165, 1.54) is 19.3 Å². The predicted molar refractivity (Wildman–Crippen MR) is 98.4 cm³/mol. The summed E-state index contributed by atoms with van der Waals surface area (Å²) in [6.45, 7) is 1.62. The zero-order chi connectivity index (χ0) is 18.9. The van der Waals surface area contributed by atoms with Gasteiger partial charge in [-0.2, -0.15) is 0 Å². The molecule has 1 saturated carbocycles. The molecular formula is C20H28N2O4. The summed E-state index contributed by atoms with van der Waals surface area (Å²) in [5, 5.41) is 14.6. The second-order valence-electron chi connectivity index (χ2n) is 7.07. The molecular weight excluding hydrogens is 332 g/mol. The minimum Gasteiger partial charge on any atom is -0.481 e. The lowest BCUT2D eigenvalue weighted by molar-refractivity contribution is -0.138. The Balaban J connectivity index is 1.88. The first-order valence-electron chi connectivity index (χ1n) is 9.32. The Bertz CT molecular complexity index is 611.